The third-order valence-corrected chi connectivity index (χ3v) is 5.58. The van der Waals surface area contributed by atoms with Crippen molar-refractivity contribution in [2.45, 2.75) is 9.79 Å². The molecule has 0 radical (unpaired) electrons. The molecule has 146 valence electrons. The van der Waals surface area contributed by atoms with Crippen LogP contribution >= 0.6 is 21.6 Å². The van der Waals surface area contributed by atoms with Crippen LogP contribution < -0.4 is 11.5 Å². The molecule has 2 aromatic carbocycles. The summed E-state index contributed by atoms with van der Waals surface area (Å²) >= 11 is 0. The number of rotatable bonds is 7. The molecule has 0 saturated carbocycles. The molecule has 4 N–H and O–H groups in total. The highest BCUT2D eigenvalue weighted by molar-refractivity contribution is 8.76. The average Bonchev–Trinajstić information content (AvgIpc) is 2.60. The van der Waals surface area contributed by atoms with Gasteiger partial charge in [0.05, 0.1) is 19.7 Å². The van der Waals surface area contributed by atoms with E-state index in [4.69, 9.17) is 11.5 Å². The van der Waals surface area contributed by atoms with Gasteiger partial charge >= 0.3 is 0 Å². The predicted octanol–water partition coefficient (Wildman–Crippen LogP) is 3.28. The molecule has 0 unspecified atom stereocenters. The maximum absolute atomic E-state index is 11.0. The van der Waals surface area contributed by atoms with Crippen molar-refractivity contribution >= 4 is 55.7 Å². The van der Waals surface area contributed by atoms with Gasteiger partial charge in [0.25, 0.3) is 22.7 Å². The third-order valence-electron chi connectivity index (χ3n) is 3.24. The van der Waals surface area contributed by atoms with E-state index in [0.717, 1.165) is 45.9 Å². The molecule has 2 rings (SSSR count). The molecular formula is C12H8N6O8S2. The minimum Gasteiger partial charge on any atom is -0.387 e. The topological polar surface area (TPSA) is 225 Å². The fourth-order valence-corrected chi connectivity index (χ4v) is 3.98. The Morgan fingerprint density at radius 3 is 0.964 bits per heavy atom. The lowest BCUT2D eigenvalue weighted by Gasteiger charge is -2.05. The summed E-state index contributed by atoms with van der Waals surface area (Å²) in [6.07, 6.45) is 0. The molecule has 28 heavy (non-hydrogen) atoms. The molecular weight excluding hydrogens is 420 g/mol. The Bertz CT molecular complexity index is 878. The Labute approximate surface area is 161 Å². The van der Waals surface area contributed by atoms with E-state index in [0.29, 0.717) is 0 Å². The van der Waals surface area contributed by atoms with Gasteiger partial charge in [-0.05, 0) is 0 Å². The van der Waals surface area contributed by atoms with Gasteiger partial charge in [0.15, 0.2) is 11.4 Å². The number of benzene rings is 2. The molecule has 0 saturated heterocycles. The highest BCUT2D eigenvalue weighted by Crippen LogP contribution is 2.45. The number of nitro groups is 4. The number of hydrogen-bond acceptors (Lipinski definition) is 12. The zero-order valence-electron chi connectivity index (χ0n) is 13.3. The van der Waals surface area contributed by atoms with Gasteiger partial charge in [0.2, 0.25) is 0 Å². The summed E-state index contributed by atoms with van der Waals surface area (Å²) in [6.45, 7) is 0. The summed E-state index contributed by atoms with van der Waals surface area (Å²) < 4.78 is 0. The van der Waals surface area contributed by atoms with E-state index in [1.165, 1.54) is 0 Å². The number of nitro benzene ring substituents is 4. The van der Waals surface area contributed by atoms with E-state index in [-0.39, 0.29) is 9.79 Å². The van der Waals surface area contributed by atoms with Crippen LogP contribution in [0.25, 0.3) is 0 Å². The predicted molar refractivity (Wildman–Crippen MR) is 100 cm³/mol. The van der Waals surface area contributed by atoms with Gasteiger partial charge in [-0.15, -0.1) is 0 Å². The highest BCUT2D eigenvalue weighted by atomic mass is 33.1. The second-order valence-electron chi connectivity index (χ2n) is 4.95. The third kappa shape index (κ3) is 4.18. The second kappa shape index (κ2) is 7.92. The summed E-state index contributed by atoms with van der Waals surface area (Å²) in [5, 5.41) is 44.1. The van der Waals surface area contributed by atoms with Crippen LogP contribution in [0.3, 0.4) is 0 Å². The van der Waals surface area contributed by atoms with E-state index in [1.54, 1.807) is 0 Å². The molecule has 0 fully saturated rings. The number of anilines is 2. The smallest absolute Gasteiger partial charge is 0.300 e. The normalized spacial score (nSPS) is 10.4. The van der Waals surface area contributed by atoms with Crippen molar-refractivity contribution in [3.05, 3.63) is 64.7 Å². The Balaban J connectivity index is 2.44. The van der Waals surface area contributed by atoms with Gasteiger partial charge < -0.3 is 11.5 Å². The van der Waals surface area contributed by atoms with Crippen LogP contribution in [-0.4, -0.2) is 19.7 Å². The Kier molecular flexibility index (Phi) is 5.84. The SMILES string of the molecule is Nc1c([N+](=O)[O-])cc(SSc2cc([N+](=O)[O-])c(N)c([N+](=O)[O-])c2)cc1[N+](=O)[O-]. The number of nitrogen functional groups attached to an aromatic ring is 2. The largest absolute Gasteiger partial charge is 0.387 e. The lowest BCUT2D eigenvalue weighted by Crippen LogP contribution is -2.01. The zero-order chi connectivity index (χ0) is 21.2. The molecule has 0 aliphatic heterocycles. The van der Waals surface area contributed by atoms with Crippen molar-refractivity contribution in [2.24, 2.45) is 0 Å². The summed E-state index contributed by atoms with van der Waals surface area (Å²) in [6, 6.07) is 3.94. The van der Waals surface area contributed by atoms with Crippen LogP contribution in [-0.2, 0) is 0 Å². The Morgan fingerprint density at radius 1 is 0.571 bits per heavy atom. The van der Waals surface area contributed by atoms with Crippen LogP contribution in [0.4, 0.5) is 34.1 Å². The minimum atomic E-state index is -0.893. The quantitative estimate of drug-likeness (QED) is 0.280. The summed E-state index contributed by atoms with van der Waals surface area (Å²) in [5.41, 5.74) is 6.84. The van der Waals surface area contributed by atoms with E-state index in [1.807, 2.05) is 0 Å². The molecule has 0 bridgehead atoms. The van der Waals surface area contributed by atoms with E-state index < -0.39 is 53.8 Å². The zero-order valence-corrected chi connectivity index (χ0v) is 15.0. The van der Waals surface area contributed by atoms with Crippen LogP contribution in [0.15, 0.2) is 34.1 Å². The van der Waals surface area contributed by atoms with Gasteiger partial charge in [0, 0.05) is 34.1 Å². The molecule has 0 aliphatic rings. The standard InChI is InChI=1S/C12H8N6O8S2/c13-11-7(15(19)20)1-5(2-8(11)16(21)22)27-28-6-3-9(17(23)24)12(14)10(4-6)18(25)26/h1-4H,13-14H2. The fraction of sp³-hybridized carbons (Fsp3) is 0. The van der Waals surface area contributed by atoms with Crippen molar-refractivity contribution in [1.82, 2.24) is 0 Å². The molecule has 0 aliphatic carbocycles. The van der Waals surface area contributed by atoms with Crippen LogP contribution in [0.1, 0.15) is 0 Å². The first-order valence-electron chi connectivity index (χ1n) is 6.82. The van der Waals surface area contributed by atoms with Crippen LogP contribution in [0.5, 0.6) is 0 Å². The first-order valence-corrected chi connectivity index (χ1v) is 8.97. The van der Waals surface area contributed by atoms with Gasteiger partial charge in [-0.3, -0.25) is 40.5 Å². The van der Waals surface area contributed by atoms with Crippen molar-refractivity contribution in [1.29, 1.82) is 0 Å². The van der Waals surface area contributed by atoms with Crippen LogP contribution in [0.2, 0.25) is 0 Å². The summed E-state index contributed by atoms with van der Waals surface area (Å²) in [4.78, 5) is 40.6. The van der Waals surface area contributed by atoms with Gasteiger partial charge in [0.1, 0.15) is 0 Å². The lowest BCUT2D eigenvalue weighted by atomic mass is 10.2. The van der Waals surface area contributed by atoms with Crippen molar-refractivity contribution in [2.75, 3.05) is 11.5 Å². The molecule has 14 nitrogen and oxygen atoms in total. The Hall–Kier alpha value is -3.66. The fourth-order valence-electron chi connectivity index (χ4n) is 1.99. The van der Waals surface area contributed by atoms with E-state index in [2.05, 4.69) is 0 Å². The molecule has 0 spiro atoms. The van der Waals surface area contributed by atoms with Crippen molar-refractivity contribution in [3.63, 3.8) is 0 Å². The van der Waals surface area contributed by atoms with Crippen molar-refractivity contribution in [3.8, 4) is 0 Å². The first-order chi connectivity index (χ1) is 13.0. The maximum Gasteiger partial charge on any atom is 0.300 e. The molecule has 0 atom stereocenters. The van der Waals surface area contributed by atoms with Crippen LogP contribution in [0, 0.1) is 40.5 Å². The molecule has 0 heterocycles. The Morgan fingerprint density at radius 2 is 0.786 bits per heavy atom. The van der Waals surface area contributed by atoms with E-state index >= 15 is 0 Å². The average molecular weight is 428 g/mol. The monoisotopic (exact) mass is 428 g/mol. The first kappa shape index (κ1) is 20.6. The van der Waals surface area contributed by atoms with Crippen molar-refractivity contribution < 1.29 is 19.7 Å². The molecule has 0 amide bonds. The van der Waals surface area contributed by atoms with E-state index in [9.17, 15) is 40.5 Å². The summed E-state index contributed by atoms with van der Waals surface area (Å²) in [5.74, 6) is 0. The minimum absolute atomic E-state index is 0.0414. The summed E-state index contributed by atoms with van der Waals surface area (Å²) in [7, 11) is 1.52. The second-order valence-corrected chi connectivity index (χ2v) is 7.22. The number of hydrogen-bond donors (Lipinski definition) is 2. The van der Waals surface area contributed by atoms with Gasteiger partial charge in [-0.25, -0.2) is 0 Å². The van der Waals surface area contributed by atoms with Gasteiger partial charge in [-0.2, -0.15) is 0 Å². The lowest BCUT2D eigenvalue weighted by molar-refractivity contribution is -0.392. The van der Waals surface area contributed by atoms with Gasteiger partial charge in [-0.1, -0.05) is 21.6 Å². The highest BCUT2D eigenvalue weighted by Gasteiger charge is 2.26. The molecule has 16 heteroatoms. The number of nitrogens with zero attached hydrogens (tertiary/aromatic N) is 4. The molecule has 2 aromatic rings. The maximum atomic E-state index is 11.0. The molecule has 0 aromatic heterocycles. The number of nitrogens with two attached hydrogens (primary N) is 2.